The molecular formula is C18H26O3. The number of hydrogen-bond acceptors (Lipinski definition) is 3. The van der Waals surface area contributed by atoms with Gasteiger partial charge in [-0.2, -0.15) is 0 Å². The molecule has 0 atom stereocenters. The lowest BCUT2D eigenvalue weighted by Gasteiger charge is -2.30. The molecule has 1 aromatic rings. The van der Waals surface area contributed by atoms with Gasteiger partial charge in [-0.25, -0.2) is 0 Å². The molecule has 0 heterocycles. The van der Waals surface area contributed by atoms with Crippen LogP contribution in [0.15, 0.2) is 18.2 Å². The van der Waals surface area contributed by atoms with Crippen LogP contribution in [-0.2, 0) is 0 Å². The summed E-state index contributed by atoms with van der Waals surface area (Å²) >= 11 is 0. The predicted molar refractivity (Wildman–Crippen MR) is 86.3 cm³/mol. The highest BCUT2D eigenvalue weighted by atomic mass is 16.5. The first-order valence-corrected chi connectivity index (χ1v) is 7.61. The lowest BCUT2D eigenvalue weighted by Crippen LogP contribution is -2.16. The van der Waals surface area contributed by atoms with Crippen molar-refractivity contribution < 1.29 is 14.2 Å². The molecule has 0 amide bonds. The number of methoxy groups -OCH3 is 3. The fraction of sp³-hybridized carbons (Fsp3) is 0.556. The van der Waals surface area contributed by atoms with Crippen LogP contribution in [0, 0.1) is 5.41 Å². The van der Waals surface area contributed by atoms with Gasteiger partial charge >= 0.3 is 0 Å². The van der Waals surface area contributed by atoms with Gasteiger partial charge in [0.05, 0.1) is 21.3 Å². The summed E-state index contributed by atoms with van der Waals surface area (Å²) < 4.78 is 16.1. The highest BCUT2D eigenvalue weighted by Crippen LogP contribution is 2.40. The van der Waals surface area contributed by atoms with E-state index < -0.39 is 0 Å². The number of benzene rings is 1. The topological polar surface area (TPSA) is 27.7 Å². The molecule has 116 valence electrons. The van der Waals surface area contributed by atoms with E-state index in [0.717, 1.165) is 5.56 Å². The highest BCUT2D eigenvalue weighted by Gasteiger charge is 2.23. The Morgan fingerprint density at radius 1 is 0.905 bits per heavy atom. The molecule has 0 saturated heterocycles. The molecule has 3 nitrogen and oxygen atoms in total. The monoisotopic (exact) mass is 290 g/mol. The number of hydrogen-bond donors (Lipinski definition) is 0. The van der Waals surface area contributed by atoms with E-state index in [4.69, 9.17) is 14.2 Å². The van der Waals surface area contributed by atoms with E-state index >= 15 is 0 Å². The van der Waals surface area contributed by atoms with Crippen molar-refractivity contribution in [2.45, 2.75) is 39.0 Å². The maximum absolute atomic E-state index is 5.40. The zero-order chi connectivity index (χ0) is 15.3. The van der Waals surface area contributed by atoms with Crippen LogP contribution in [0.4, 0.5) is 0 Å². The van der Waals surface area contributed by atoms with Gasteiger partial charge in [-0.05, 0) is 36.0 Å². The van der Waals surface area contributed by atoms with Crippen LogP contribution >= 0.6 is 0 Å². The van der Waals surface area contributed by atoms with E-state index in [1.54, 1.807) is 21.3 Å². The minimum atomic E-state index is 0.318. The summed E-state index contributed by atoms with van der Waals surface area (Å²) in [4.78, 5) is 0. The molecule has 0 spiro atoms. The zero-order valence-corrected chi connectivity index (χ0v) is 13.6. The Morgan fingerprint density at radius 3 is 1.95 bits per heavy atom. The van der Waals surface area contributed by atoms with E-state index in [9.17, 15) is 0 Å². The molecule has 0 radical (unpaired) electrons. The minimum Gasteiger partial charge on any atom is -0.493 e. The fourth-order valence-electron chi connectivity index (χ4n) is 3.02. The van der Waals surface area contributed by atoms with Crippen molar-refractivity contribution in [3.8, 4) is 17.2 Å². The predicted octanol–water partition coefficient (Wildman–Crippen LogP) is 4.70. The second kappa shape index (κ2) is 6.88. The van der Waals surface area contributed by atoms with Crippen LogP contribution in [0.5, 0.6) is 17.2 Å². The second-order valence-corrected chi connectivity index (χ2v) is 6.01. The molecule has 3 heteroatoms. The SMILES string of the molecule is COc1cc(/C=C\C2(C)CCCCC2)cc(OC)c1OC. The van der Waals surface area contributed by atoms with Crippen molar-refractivity contribution in [3.63, 3.8) is 0 Å². The molecule has 0 aromatic heterocycles. The van der Waals surface area contributed by atoms with Gasteiger partial charge in [0.2, 0.25) is 5.75 Å². The van der Waals surface area contributed by atoms with Crippen LogP contribution in [0.3, 0.4) is 0 Å². The van der Waals surface area contributed by atoms with E-state index in [0.29, 0.717) is 22.7 Å². The van der Waals surface area contributed by atoms with Crippen LogP contribution in [0.25, 0.3) is 6.08 Å². The van der Waals surface area contributed by atoms with Gasteiger partial charge in [-0.15, -0.1) is 0 Å². The summed E-state index contributed by atoms with van der Waals surface area (Å²) in [5.41, 5.74) is 1.40. The van der Waals surface area contributed by atoms with Crippen LogP contribution < -0.4 is 14.2 Å². The lowest BCUT2D eigenvalue weighted by atomic mass is 9.75. The molecule has 0 bridgehead atoms. The number of rotatable bonds is 5. The van der Waals surface area contributed by atoms with Gasteiger partial charge in [-0.3, -0.25) is 0 Å². The Kier molecular flexibility index (Phi) is 5.16. The number of ether oxygens (including phenoxy) is 3. The van der Waals surface area contributed by atoms with Gasteiger partial charge in [0.25, 0.3) is 0 Å². The van der Waals surface area contributed by atoms with Crippen LogP contribution in [-0.4, -0.2) is 21.3 Å². The average molecular weight is 290 g/mol. The highest BCUT2D eigenvalue weighted by molar-refractivity contribution is 5.62. The van der Waals surface area contributed by atoms with E-state index in [1.165, 1.54) is 32.1 Å². The molecule has 0 unspecified atom stereocenters. The van der Waals surface area contributed by atoms with E-state index in [2.05, 4.69) is 19.1 Å². The van der Waals surface area contributed by atoms with Crippen molar-refractivity contribution in [2.24, 2.45) is 5.41 Å². The maximum atomic E-state index is 5.40. The van der Waals surface area contributed by atoms with Gasteiger partial charge in [-0.1, -0.05) is 38.3 Å². The molecule has 1 aliphatic carbocycles. The summed E-state index contributed by atoms with van der Waals surface area (Å²) in [5, 5.41) is 0. The van der Waals surface area contributed by atoms with Crippen LogP contribution in [0.2, 0.25) is 0 Å². The Bertz CT molecular complexity index is 474. The molecule has 1 aromatic carbocycles. The molecule has 1 aliphatic rings. The van der Waals surface area contributed by atoms with Crippen molar-refractivity contribution in [1.82, 2.24) is 0 Å². The average Bonchev–Trinajstić information content (AvgIpc) is 2.52. The summed E-state index contributed by atoms with van der Waals surface area (Å²) in [6.45, 7) is 2.35. The van der Waals surface area contributed by atoms with Crippen LogP contribution in [0.1, 0.15) is 44.6 Å². The first-order chi connectivity index (χ1) is 10.1. The van der Waals surface area contributed by atoms with E-state index in [-0.39, 0.29) is 0 Å². The lowest BCUT2D eigenvalue weighted by molar-refractivity contribution is 0.287. The number of allylic oxidation sites excluding steroid dienone is 1. The van der Waals surface area contributed by atoms with Crippen molar-refractivity contribution in [1.29, 1.82) is 0 Å². The molecule has 1 saturated carbocycles. The van der Waals surface area contributed by atoms with E-state index in [1.807, 2.05) is 12.1 Å². The third kappa shape index (κ3) is 3.72. The molecule has 2 rings (SSSR count). The quantitative estimate of drug-likeness (QED) is 0.787. The first kappa shape index (κ1) is 15.7. The second-order valence-electron chi connectivity index (χ2n) is 6.01. The Labute approximate surface area is 127 Å². The molecule has 1 fully saturated rings. The maximum Gasteiger partial charge on any atom is 0.203 e. The summed E-state index contributed by atoms with van der Waals surface area (Å²) in [5.74, 6) is 2.04. The molecular weight excluding hydrogens is 264 g/mol. The molecule has 0 aliphatic heterocycles. The normalized spacial score (nSPS) is 17.7. The van der Waals surface area contributed by atoms with Crippen molar-refractivity contribution in [2.75, 3.05) is 21.3 Å². The summed E-state index contributed by atoms with van der Waals surface area (Å²) in [7, 11) is 4.92. The summed E-state index contributed by atoms with van der Waals surface area (Å²) in [6, 6.07) is 3.98. The van der Waals surface area contributed by atoms with Crippen molar-refractivity contribution in [3.05, 3.63) is 23.8 Å². The van der Waals surface area contributed by atoms with Gasteiger partial charge in [0.1, 0.15) is 0 Å². The summed E-state index contributed by atoms with van der Waals surface area (Å²) in [6.07, 6.45) is 11.1. The fourth-order valence-corrected chi connectivity index (χ4v) is 3.02. The smallest absolute Gasteiger partial charge is 0.203 e. The molecule has 21 heavy (non-hydrogen) atoms. The first-order valence-electron chi connectivity index (χ1n) is 7.61. The minimum absolute atomic E-state index is 0.318. The van der Waals surface area contributed by atoms with Crippen molar-refractivity contribution >= 4 is 6.08 Å². The third-order valence-corrected chi connectivity index (χ3v) is 4.36. The van der Waals surface area contributed by atoms with Gasteiger partial charge in [0.15, 0.2) is 11.5 Å². The van der Waals surface area contributed by atoms with Gasteiger partial charge in [0, 0.05) is 0 Å². The standard InChI is InChI=1S/C18H26O3/c1-18(9-6-5-7-10-18)11-8-14-12-15(19-2)17(21-4)16(13-14)20-3/h8,11-13H,5-7,9-10H2,1-4H3/b11-8-. The Morgan fingerprint density at radius 2 is 1.48 bits per heavy atom. The largest absolute Gasteiger partial charge is 0.493 e. The third-order valence-electron chi connectivity index (χ3n) is 4.36. The molecule has 0 N–H and O–H groups in total. The Hall–Kier alpha value is -1.64. The Balaban J connectivity index is 2.27. The van der Waals surface area contributed by atoms with Gasteiger partial charge < -0.3 is 14.2 Å². The zero-order valence-electron chi connectivity index (χ0n) is 13.6.